The van der Waals surface area contributed by atoms with Crippen molar-refractivity contribution in [3.05, 3.63) is 121 Å². The number of hydrogen-bond acceptors (Lipinski definition) is 1. The molecule has 0 spiro atoms. The van der Waals surface area contributed by atoms with Crippen LogP contribution in [0.5, 0.6) is 0 Å². The largest absolute Gasteiger partial charge is 1.00 e. The Hall–Kier alpha value is -3.13. The standard InChI is InChI=1S/C26H23N2OP.ClH/c29-26(28-22-13-5-1-6-14-22)27-21-30(23-15-7-2-8-16-23,24-17-9-3-10-18-24)25-19-11-4-12-20-25;/h1-20H,21H2,(H-,27,28,29);1H. The number of anilines is 1. The molecule has 0 radical (unpaired) electrons. The number of benzene rings is 4. The molecule has 156 valence electrons. The summed E-state index contributed by atoms with van der Waals surface area (Å²) in [7, 11) is -2.08. The van der Waals surface area contributed by atoms with Crippen LogP contribution in [0.1, 0.15) is 0 Å². The summed E-state index contributed by atoms with van der Waals surface area (Å²) in [5.41, 5.74) is 0.776. The summed E-state index contributed by atoms with van der Waals surface area (Å²) in [5, 5.41) is 9.82. The van der Waals surface area contributed by atoms with Crippen LogP contribution in [-0.4, -0.2) is 12.3 Å². The molecule has 0 saturated carbocycles. The van der Waals surface area contributed by atoms with Gasteiger partial charge in [-0.3, -0.25) is 0 Å². The topological polar surface area (TPSA) is 41.1 Å². The zero-order valence-electron chi connectivity index (χ0n) is 17.0. The molecule has 0 heterocycles. The molecule has 4 aromatic rings. The number of rotatable bonds is 6. The molecule has 4 aromatic carbocycles. The first kappa shape index (κ1) is 22.6. The molecule has 3 nitrogen and oxygen atoms in total. The van der Waals surface area contributed by atoms with E-state index < -0.39 is 7.26 Å². The van der Waals surface area contributed by atoms with Crippen LogP contribution in [0, 0.1) is 0 Å². The first-order valence-corrected chi connectivity index (χ1v) is 11.9. The van der Waals surface area contributed by atoms with Crippen LogP contribution in [0.3, 0.4) is 0 Å². The highest BCUT2D eigenvalue weighted by molar-refractivity contribution is 7.95. The Kier molecular flexibility index (Phi) is 7.83. The number of urea groups is 1. The van der Waals surface area contributed by atoms with Crippen molar-refractivity contribution in [3.8, 4) is 0 Å². The van der Waals surface area contributed by atoms with Crippen LogP contribution in [0.25, 0.3) is 0 Å². The van der Waals surface area contributed by atoms with E-state index in [4.69, 9.17) is 0 Å². The quantitative estimate of drug-likeness (QED) is 0.435. The number of hydrogen-bond donors (Lipinski definition) is 2. The average molecular weight is 447 g/mol. The molecular formula is C26H24ClN2OP. The Morgan fingerprint density at radius 1 is 0.581 bits per heavy atom. The van der Waals surface area contributed by atoms with Gasteiger partial charge in [0.2, 0.25) is 0 Å². The van der Waals surface area contributed by atoms with E-state index in [1.165, 1.54) is 15.9 Å². The lowest BCUT2D eigenvalue weighted by atomic mass is 10.3. The Bertz CT molecular complexity index is 981. The fourth-order valence-electron chi connectivity index (χ4n) is 3.66. The molecule has 2 amide bonds. The van der Waals surface area contributed by atoms with Gasteiger partial charge in [-0.05, 0) is 48.5 Å². The third kappa shape index (κ3) is 5.14. The second-order valence-electron chi connectivity index (χ2n) is 6.97. The third-order valence-corrected chi connectivity index (χ3v) is 9.27. The lowest BCUT2D eigenvalue weighted by Crippen LogP contribution is -3.00. The van der Waals surface area contributed by atoms with Crippen LogP contribution < -0.4 is 39.0 Å². The van der Waals surface area contributed by atoms with Gasteiger partial charge in [0.15, 0.2) is 0 Å². The van der Waals surface area contributed by atoms with Gasteiger partial charge in [-0.25, -0.2) is 4.79 Å². The molecule has 0 atom stereocenters. The van der Waals surface area contributed by atoms with E-state index in [1.807, 2.05) is 48.5 Å². The maximum Gasteiger partial charge on any atom is 0.322 e. The third-order valence-electron chi connectivity index (χ3n) is 5.10. The summed E-state index contributed by atoms with van der Waals surface area (Å²) in [6, 6.07) is 40.8. The van der Waals surface area contributed by atoms with Crippen molar-refractivity contribution < 1.29 is 17.2 Å². The van der Waals surface area contributed by atoms with Crippen molar-refractivity contribution in [2.75, 3.05) is 11.6 Å². The van der Waals surface area contributed by atoms with Gasteiger partial charge in [-0.1, -0.05) is 72.8 Å². The molecule has 0 aliphatic rings. The van der Waals surface area contributed by atoms with Crippen molar-refractivity contribution in [2.45, 2.75) is 0 Å². The Balaban J connectivity index is 0.00000272. The normalized spacial score (nSPS) is 10.6. The number of para-hydroxylation sites is 1. The molecule has 31 heavy (non-hydrogen) atoms. The van der Waals surface area contributed by atoms with Gasteiger partial charge < -0.3 is 23.0 Å². The zero-order chi connectivity index (χ0) is 20.7. The van der Waals surface area contributed by atoms with Crippen LogP contribution in [0.2, 0.25) is 0 Å². The number of amides is 2. The fourth-order valence-corrected chi connectivity index (χ4v) is 7.52. The lowest BCUT2D eigenvalue weighted by molar-refractivity contribution is -0.00000888. The van der Waals surface area contributed by atoms with Gasteiger partial charge in [0.1, 0.15) is 29.5 Å². The molecular weight excluding hydrogens is 423 g/mol. The summed E-state index contributed by atoms with van der Waals surface area (Å²) in [4.78, 5) is 12.7. The molecule has 0 saturated heterocycles. The molecule has 0 aliphatic carbocycles. The highest BCUT2D eigenvalue weighted by Gasteiger charge is 2.45. The molecule has 0 unspecified atom stereocenters. The summed E-state index contributed by atoms with van der Waals surface area (Å²) in [6.07, 6.45) is 0.531. The van der Waals surface area contributed by atoms with Crippen molar-refractivity contribution in [3.63, 3.8) is 0 Å². The summed E-state index contributed by atoms with van der Waals surface area (Å²) in [5.74, 6) is 0. The van der Waals surface area contributed by atoms with Crippen LogP contribution in [0.4, 0.5) is 10.5 Å². The monoisotopic (exact) mass is 446 g/mol. The van der Waals surface area contributed by atoms with E-state index >= 15 is 0 Å². The van der Waals surface area contributed by atoms with Crippen LogP contribution in [0.15, 0.2) is 121 Å². The van der Waals surface area contributed by atoms with E-state index in [-0.39, 0.29) is 18.4 Å². The van der Waals surface area contributed by atoms with Gasteiger partial charge in [-0.2, -0.15) is 0 Å². The number of carbonyl (C=O) groups excluding carboxylic acids is 1. The van der Waals surface area contributed by atoms with Crippen LogP contribution in [-0.2, 0) is 0 Å². The Labute approximate surface area is 190 Å². The maximum absolute atomic E-state index is 12.7. The number of nitrogens with one attached hydrogen (secondary N) is 2. The van der Waals surface area contributed by atoms with Crippen molar-refractivity contribution in [2.24, 2.45) is 0 Å². The van der Waals surface area contributed by atoms with Crippen LogP contribution >= 0.6 is 7.26 Å². The fraction of sp³-hybridized carbons (Fsp3) is 0.0385. The minimum absolute atomic E-state index is 0. The van der Waals surface area contributed by atoms with Crippen molar-refractivity contribution >= 4 is 34.9 Å². The van der Waals surface area contributed by atoms with Gasteiger partial charge in [0, 0.05) is 5.69 Å². The van der Waals surface area contributed by atoms with E-state index in [0.29, 0.717) is 6.29 Å². The first-order chi connectivity index (χ1) is 14.8. The second-order valence-corrected chi connectivity index (χ2v) is 10.5. The first-order valence-electron chi connectivity index (χ1n) is 9.94. The summed E-state index contributed by atoms with van der Waals surface area (Å²) in [6.45, 7) is 0. The summed E-state index contributed by atoms with van der Waals surface area (Å²) >= 11 is 0. The highest BCUT2D eigenvalue weighted by atomic mass is 35.5. The molecule has 0 aromatic heterocycles. The van der Waals surface area contributed by atoms with Gasteiger partial charge >= 0.3 is 6.03 Å². The Morgan fingerprint density at radius 3 is 1.32 bits per heavy atom. The van der Waals surface area contributed by atoms with Gasteiger partial charge in [0.25, 0.3) is 0 Å². The minimum atomic E-state index is -2.08. The van der Waals surface area contributed by atoms with E-state index in [0.717, 1.165) is 5.69 Å². The molecule has 0 fully saturated rings. The van der Waals surface area contributed by atoms with Crippen molar-refractivity contribution in [1.29, 1.82) is 0 Å². The predicted octanol–water partition coefficient (Wildman–Crippen LogP) is 1.76. The number of carbonyl (C=O) groups is 1. The molecule has 0 aliphatic heterocycles. The van der Waals surface area contributed by atoms with Gasteiger partial charge in [-0.15, -0.1) is 0 Å². The van der Waals surface area contributed by atoms with Crippen molar-refractivity contribution in [1.82, 2.24) is 5.32 Å². The lowest BCUT2D eigenvalue weighted by Gasteiger charge is -2.27. The van der Waals surface area contributed by atoms with E-state index in [1.54, 1.807) is 0 Å². The molecule has 2 N–H and O–H groups in total. The minimum Gasteiger partial charge on any atom is -1.00 e. The Morgan fingerprint density at radius 2 is 0.935 bits per heavy atom. The molecule has 0 bridgehead atoms. The van der Waals surface area contributed by atoms with E-state index in [9.17, 15) is 4.79 Å². The average Bonchev–Trinajstić information content (AvgIpc) is 2.82. The second kappa shape index (κ2) is 10.8. The van der Waals surface area contributed by atoms with Gasteiger partial charge in [0.05, 0.1) is 0 Å². The molecule has 5 heteroatoms. The smallest absolute Gasteiger partial charge is 0.322 e. The highest BCUT2D eigenvalue weighted by Crippen LogP contribution is 2.54. The zero-order valence-corrected chi connectivity index (χ0v) is 18.6. The predicted molar refractivity (Wildman–Crippen MR) is 129 cm³/mol. The van der Waals surface area contributed by atoms with E-state index in [2.05, 4.69) is 83.4 Å². The number of halogens is 1. The molecule has 4 rings (SSSR count). The summed E-state index contributed by atoms with van der Waals surface area (Å²) < 4.78 is 0. The SMILES string of the molecule is O=C(NC[P+](c1ccccc1)(c1ccccc1)c1ccccc1)Nc1ccccc1.[Cl-]. The maximum atomic E-state index is 12.7.